The number of hydrazine groups is 1. The van der Waals surface area contributed by atoms with Gasteiger partial charge >= 0.3 is 0 Å². The number of nitro groups is 1. The molecule has 6 heteroatoms. The molecule has 0 saturated carbocycles. The summed E-state index contributed by atoms with van der Waals surface area (Å²) in [5.74, 6) is 2.53. The Balaban J connectivity index is 2.15. The molecule has 0 fully saturated rings. The van der Waals surface area contributed by atoms with E-state index in [0.29, 0.717) is 12.1 Å². The molecule has 0 aliphatic carbocycles. The summed E-state index contributed by atoms with van der Waals surface area (Å²) in [4.78, 5) is 22.7. The maximum atomic E-state index is 12.2. The molecule has 0 aliphatic rings. The van der Waals surface area contributed by atoms with Crippen molar-refractivity contribution in [3.8, 4) is 0 Å². The fraction of sp³-hybridized carbons (Fsp3) is 0.731. The van der Waals surface area contributed by atoms with Crippen LogP contribution < -0.4 is 10.9 Å². The van der Waals surface area contributed by atoms with Crippen LogP contribution in [0.1, 0.15) is 98.8 Å². The molecule has 1 amide bonds. The Hall–Kier alpha value is -2.11. The Bertz CT molecular complexity index is 678. The average Bonchev–Trinajstić information content (AvgIpc) is 2.72. The maximum Gasteiger partial charge on any atom is 0.294 e. The smallest absolute Gasteiger partial charge is 0.292 e. The predicted octanol–water partition coefficient (Wildman–Crippen LogP) is 7.50. The number of hydrogen-bond acceptors (Lipinski definition) is 4. The Kier molecular flexibility index (Phi) is 13.7. The number of nitrogens with one attached hydrogen (secondary N) is 2. The summed E-state index contributed by atoms with van der Waals surface area (Å²) in [5.41, 5.74) is 5.51. The minimum Gasteiger partial charge on any atom is -0.292 e. The number of hydrogen-bond donors (Lipinski definition) is 2. The van der Waals surface area contributed by atoms with Crippen LogP contribution in [0.4, 0.5) is 11.4 Å². The molecule has 6 nitrogen and oxygen atoms in total. The molecular weight excluding hydrogens is 402 g/mol. The lowest BCUT2D eigenvalue weighted by molar-refractivity contribution is -0.384. The molecule has 0 radical (unpaired) electrons. The van der Waals surface area contributed by atoms with Gasteiger partial charge in [-0.25, -0.2) is 0 Å². The summed E-state index contributed by atoms with van der Waals surface area (Å²) in [7, 11) is 0. The van der Waals surface area contributed by atoms with Crippen molar-refractivity contribution in [1.29, 1.82) is 0 Å². The second-order valence-corrected chi connectivity index (χ2v) is 10.2. The maximum absolute atomic E-state index is 12.2. The molecule has 182 valence electrons. The van der Waals surface area contributed by atoms with Gasteiger partial charge in [0.2, 0.25) is 5.91 Å². The quantitative estimate of drug-likeness (QED) is 0.191. The van der Waals surface area contributed by atoms with Gasteiger partial charge in [-0.1, -0.05) is 105 Å². The lowest BCUT2D eigenvalue weighted by atomic mass is 9.91. The highest BCUT2D eigenvalue weighted by molar-refractivity contribution is 5.78. The largest absolute Gasteiger partial charge is 0.294 e. The van der Waals surface area contributed by atoms with E-state index in [0.717, 1.165) is 30.6 Å². The van der Waals surface area contributed by atoms with Crippen molar-refractivity contribution in [2.75, 3.05) is 5.43 Å². The van der Waals surface area contributed by atoms with Crippen molar-refractivity contribution in [2.24, 2.45) is 23.7 Å². The van der Waals surface area contributed by atoms with Gasteiger partial charge < -0.3 is 0 Å². The first-order valence-electron chi connectivity index (χ1n) is 12.5. The van der Waals surface area contributed by atoms with Crippen molar-refractivity contribution in [2.45, 2.75) is 98.8 Å². The zero-order chi connectivity index (χ0) is 23.9. The summed E-state index contributed by atoms with van der Waals surface area (Å²) in [5, 5.41) is 11.0. The lowest BCUT2D eigenvalue weighted by Gasteiger charge is -2.16. The average molecular weight is 448 g/mol. The predicted molar refractivity (Wildman–Crippen MR) is 133 cm³/mol. The van der Waals surface area contributed by atoms with Gasteiger partial charge in [0.1, 0.15) is 5.69 Å². The highest BCUT2D eigenvalue weighted by Gasteiger charge is 2.14. The van der Waals surface area contributed by atoms with E-state index in [2.05, 4.69) is 45.5 Å². The fourth-order valence-corrected chi connectivity index (χ4v) is 4.14. The molecule has 1 unspecified atom stereocenters. The second-order valence-electron chi connectivity index (χ2n) is 10.2. The topological polar surface area (TPSA) is 84.3 Å². The molecule has 0 aliphatic heterocycles. The number of anilines is 1. The standard InChI is InChI=1S/C26H45N3O3/c1-20(2)11-8-12-21(3)13-9-14-22(4)15-10-16-23(5)19-26(30)28-27-24-17-6-7-18-25(24)29(31)32/h6-7,17-18,20-23,27H,8-16,19H2,1-5H3,(H,28,30)/t21-,22-,23?/m0/s1. The minimum absolute atomic E-state index is 0.0558. The third-order valence-electron chi connectivity index (χ3n) is 6.24. The summed E-state index contributed by atoms with van der Waals surface area (Å²) in [6.45, 7) is 11.4. The van der Waals surface area contributed by atoms with Gasteiger partial charge in [-0.15, -0.1) is 0 Å². The van der Waals surface area contributed by atoms with Gasteiger partial charge in [-0.2, -0.15) is 0 Å². The van der Waals surface area contributed by atoms with Crippen molar-refractivity contribution in [3.05, 3.63) is 34.4 Å². The highest BCUT2D eigenvalue weighted by atomic mass is 16.6. The van der Waals surface area contributed by atoms with Crippen LogP contribution in [0.3, 0.4) is 0 Å². The number of nitro benzene ring substituents is 1. The van der Waals surface area contributed by atoms with Gasteiger partial charge in [0.15, 0.2) is 0 Å². The van der Waals surface area contributed by atoms with Gasteiger partial charge in [-0.05, 0) is 29.7 Å². The van der Waals surface area contributed by atoms with Crippen LogP contribution in [0, 0.1) is 33.8 Å². The summed E-state index contributed by atoms with van der Waals surface area (Å²) in [6, 6.07) is 6.28. The first-order chi connectivity index (χ1) is 15.2. The summed E-state index contributed by atoms with van der Waals surface area (Å²) < 4.78 is 0. The SMILES string of the molecule is CC(C)CCC[C@H](C)CCC[C@H](C)CCCC(C)CC(=O)NNc1ccccc1[N+](=O)[O-]. The van der Waals surface area contributed by atoms with E-state index >= 15 is 0 Å². The van der Waals surface area contributed by atoms with Crippen molar-refractivity contribution in [3.63, 3.8) is 0 Å². The molecule has 32 heavy (non-hydrogen) atoms. The molecule has 1 aromatic carbocycles. The molecule has 3 atom stereocenters. The van der Waals surface area contributed by atoms with Crippen LogP contribution in [-0.2, 0) is 4.79 Å². The first kappa shape index (κ1) is 27.9. The van der Waals surface area contributed by atoms with Gasteiger partial charge in [0.05, 0.1) is 4.92 Å². The van der Waals surface area contributed by atoms with Gasteiger partial charge in [0.25, 0.3) is 5.69 Å². The van der Waals surface area contributed by atoms with E-state index in [1.165, 1.54) is 51.0 Å². The molecule has 0 spiro atoms. The normalized spacial score (nSPS) is 14.1. The number of carbonyl (C=O) groups excluding carboxylic acids is 1. The molecule has 0 aromatic heterocycles. The number of nitrogens with zero attached hydrogens (tertiary/aromatic N) is 1. The Labute approximate surface area is 195 Å². The monoisotopic (exact) mass is 447 g/mol. The van der Waals surface area contributed by atoms with Gasteiger partial charge in [-0.3, -0.25) is 25.8 Å². The third-order valence-corrected chi connectivity index (χ3v) is 6.24. The van der Waals surface area contributed by atoms with Crippen molar-refractivity contribution in [1.82, 2.24) is 5.43 Å². The van der Waals surface area contributed by atoms with Crippen LogP contribution >= 0.6 is 0 Å². The van der Waals surface area contributed by atoms with Crippen molar-refractivity contribution < 1.29 is 9.72 Å². The van der Waals surface area contributed by atoms with Crippen LogP contribution in [0.25, 0.3) is 0 Å². The highest BCUT2D eigenvalue weighted by Crippen LogP contribution is 2.24. The summed E-state index contributed by atoms with van der Waals surface area (Å²) in [6.07, 6.45) is 11.8. The van der Waals surface area contributed by atoms with E-state index < -0.39 is 4.92 Å². The Morgan fingerprint density at radius 1 is 0.844 bits per heavy atom. The summed E-state index contributed by atoms with van der Waals surface area (Å²) >= 11 is 0. The van der Waals surface area contributed by atoms with Crippen molar-refractivity contribution >= 4 is 17.3 Å². The van der Waals surface area contributed by atoms with E-state index in [1.54, 1.807) is 18.2 Å². The number of rotatable bonds is 17. The Morgan fingerprint density at radius 2 is 1.34 bits per heavy atom. The fourth-order valence-electron chi connectivity index (χ4n) is 4.14. The van der Waals surface area contributed by atoms with E-state index in [9.17, 15) is 14.9 Å². The van der Waals surface area contributed by atoms with Crippen LogP contribution in [-0.4, -0.2) is 10.8 Å². The molecule has 1 aromatic rings. The molecule has 0 heterocycles. The molecule has 0 saturated heterocycles. The number of para-hydroxylation sites is 2. The molecule has 1 rings (SSSR count). The number of carbonyl (C=O) groups is 1. The lowest BCUT2D eigenvalue weighted by Crippen LogP contribution is -2.30. The Morgan fingerprint density at radius 3 is 1.88 bits per heavy atom. The first-order valence-corrected chi connectivity index (χ1v) is 12.5. The molecular formula is C26H45N3O3. The number of amides is 1. The second kappa shape index (κ2) is 15.7. The van der Waals surface area contributed by atoms with Crippen LogP contribution in [0.5, 0.6) is 0 Å². The van der Waals surface area contributed by atoms with E-state index in [-0.39, 0.29) is 17.5 Å². The third kappa shape index (κ3) is 12.7. The van der Waals surface area contributed by atoms with E-state index in [4.69, 9.17) is 0 Å². The zero-order valence-electron chi connectivity index (χ0n) is 20.9. The van der Waals surface area contributed by atoms with E-state index in [1.807, 2.05) is 0 Å². The zero-order valence-corrected chi connectivity index (χ0v) is 20.9. The van der Waals surface area contributed by atoms with Gasteiger partial charge in [0, 0.05) is 12.5 Å². The minimum atomic E-state index is -0.466. The molecule has 2 N–H and O–H groups in total. The molecule has 0 bridgehead atoms. The van der Waals surface area contributed by atoms with Crippen LogP contribution in [0.15, 0.2) is 24.3 Å². The van der Waals surface area contributed by atoms with Crippen LogP contribution in [0.2, 0.25) is 0 Å². The number of benzene rings is 1.